The highest BCUT2D eigenvalue weighted by Gasteiger charge is 2.46. The predicted molar refractivity (Wildman–Crippen MR) is 151 cm³/mol. The lowest BCUT2D eigenvalue weighted by Crippen LogP contribution is -2.41. The summed E-state index contributed by atoms with van der Waals surface area (Å²) < 4.78 is 51.2. The average molecular weight is 588 g/mol. The largest absolute Gasteiger partial charge is 0.480 e. The van der Waals surface area contributed by atoms with E-state index < -0.39 is 24.3 Å². The van der Waals surface area contributed by atoms with Crippen LogP contribution in [0.15, 0.2) is 36.5 Å². The van der Waals surface area contributed by atoms with Crippen LogP contribution in [0.4, 0.5) is 24.9 Å². The van der Waals surface area contributed by atoms with Gasteiger partial charge in [-0.25, -0.2) is 4.68 Å². The number of nitrogens with zero attached hydrogens (tertiary/aromatic N) is 5. The van der Waals surface area contributed by atoms with Gasteiger partial charge < -0.3 is 25.8 Å². The zero-order chi connectivity index (χ0) is 30.1. The molecule has 2 aromatic heterocycles. The second-order valence-electron chi connectivity index (χ2n) is 11.3. The summed E-state index contributed by atoms with van der Waals surface area (Å²) >= 11 is 0. The number of nitrogen functional groups attached to an aromatic ring is 1. The van der Waals surface area contributed by atoms with Crippen molar-refractivity contribution in [2.75, 3.05) is 30.3 Å². The summed E-state index contributed by atoms with van der Waals surface area (Å²) in [6, 6.07) is 7.55. The van der Waals surface area contributed by atoms with Crippen LogP contribution in [0, 0.1) is 12.3 Å². The molecule has 4 heterocycles. The van der Waals surface area contributed by atoms with Crippen molar-refractivity contribution in [2.24, 2.45) is 5.41 Å². The lowest BCUT2D eigenvalue weighted by Gasteiger charge is -2.39. The minimum Gasteiger partial charge on any atom is -0.480 e. The first-order valence-electron chi connectivity index (χ1n) is 14.2. The van der Waals surface area contributed by atoms with Gasteiger partial charge in [0.25, 0.3) is 0 Å². The van der Waals surface area contributed by atoms with E-state index in [0.29, 0.717) is 56.8 Å². The second-order valence-corrected chi connectivity index (χ2v) is 11.3. The molecule has 5 rings (SSSR count). The van der Waals surface area contributed by atoms with E-state index in [9.17, 15) is 23.1 Å². The fourth-order valence-corrected chi connectivity index (χ4v) is 5.87. The maximum atomic E-state index is 14.7. The van der Waals surface area contributed by atoms with Crippen LogP contribution >= 0.6 is 0 Å². The van der Waals surface area contributed by atoms with Gasteiger partial charge in [0, 0.05) is 37.5 Å². The fourth-order valence-electron chi connectivity index (χ4n) is 5.87. The molecule has 4 N–H and O–H groups in total. The van der Waals surface area contributed by atoms with E-state index >= 15 is 0 Å². The summed E-state index contributed by atoms with van der Waals surface area (Å²) in [6.07, 6.45) is -1.13. The number of aromatic nitrogens is 4. The number of rotatable bonds is 9. The van der Waals surface area contributed by atoms with Crippen molar-refractivity contribution in [3.63, 3.8) is 0 Å². The predicted octanol–water partition coefficient (Wildman–Crippen LogP) is 4.61. The molecule has 0 aliphatic carbocycles. The van der Waals surface area contributed by atoms with E-state index in [-0.39, 0.29) is 28.5 Å². The average Bonchev–Trinajstić information content (AvgIpc) is 3.56. The van der Waals surface area contributed by atoms with Crippen molar-refractivity contribution in [3.05, 3.63) is 53.3 Å². The third-order valence-corrected chi connectivity index (χ3v) is 8.21. The first kappa shape index (κ1) is 29.6. The molecule has 2 aliphatic heterocycles. The van der Waals surface area contributed by atoms with Crippen molar-refractivity contribution in [1.82, 2.24) is 25.1 Å². The Labute approximate surface area is 242 Å². The maximum absolute atomic E-state index is 14.7. The van der Waals surface area contributed by atoms with Crippen LogP contribution in [0.1, 0.15) is 62.0 Å². The van der Waals surface area contributed by atoms with Crippen molar-refractivity contribution >= 4 is 17.7 Å². The van der Waals surface area contributed by atoms with Crippen LogP contribution in [-0.4, -0.2) is 62.7 Å². The highest BCUT2D eigenvalue weighted by Crippen LogP contribution is 2.42. The Morgan fingerprint density at radius 1 is 1.24 bits per heavy atom. The number of benzene rings is 1. The molecule has 2 saturated heterocycles. The number of unbranched alkanes of at least 4 members (excludes halogenated alkanes) is 1. The number of nitrogens with one attached hydrogen (secondary N) is 1. The topological polar surface area (TPSA) is 131 Å². The summed E-state index contributed by atoms with van der Waals surface area (Å²) in [4.78, 5) is 21.6. The van der Waals surface area contributed by atoms with Gasteiger partial charge in [0.2, 0.25) is 17.9 Å². The Morgan fingerprint density at radius 3 is 2.62 bits per heavy atom. The molecule has 13 heteroatoms. The number of carbonyl (C=O) groups is 1. The molecule has 1 aromatic carbocycles. The number of piperidine rings is 1. The molecule has 2 fully saturated rings. The Morgan fingerprint density at radius 2 is 2.00 bits per heavy atom. The van der Waals surface area contributed by atoms with Gasteiger partial charge in [-0.3, -0.25) is 4.79 Å². The molecule has 3 aromatic rings. The van der Waals surface area contributed by atoms with Gasteiger partial charge in [-0.2, -0.15) is 28.2 Å². The van der Waals surface area contributed by atoms with Gasteiger partial charge >= 0.3 is 12.1 Å². The first-order chi connectivity index (χ1) is 20.0. The van der Waals surface area contributed by atoms with Gasteiger partial charge in [0.15, 0.2) is 0 Å². The third kappa shape index (κ3) is 6.45. The normalized spacial score (nSPS) is 19.3. The van der Waals surface area contributed by atoms with Crippen molar-refractivity contribution in [3.8, 4) is 11.6 Å². The zero-order valence-electron chi connectivity index (χ0n) is 23.7. The van der Waals surface area contributed by atoms with E-state index in [1.165, 1.54) is 16.8 Å². The quantitative estimate of drug-likeness (QED) is 0.328. The number of aryl methyl sites for hydroxylation is 2. The summed E-state index contributed by atoms with van der Waals surface area (Å²) in [5.41, 5.74) is 7.46. The first-order valence-corrected chi connectivity index (χ1v) is 14.2. The highest BCUT2D eigenvalue weighted by atomic mass is 19.4. The van der Waals surface area contributed by atoms with E-state index in [1.807, 2.05) is 17.9 Å². The van der Waals surface area contributed by atoms with Gasteiger partial charge in [-0.15, -0.1) is 0 Å². The van der Waals surface area contributed by atoms with Gasteiger partial charge in [0.1, 0.15) is 11.9 Å². The smallest absolute Gasteiger partial charge is 0.429 e. The second kappa shape index (κ2) is 11.8. The van der Waals surface area contributed by atoms with Crippen molar-refractivity contribution < 1.29 is 27.8 Å². The number of hydrogen-bond acceptors (Lipinski definition) is 8. The number of aliphatic carboxylic acids is 1. The minimum atomic E-state index is -4.77. The summed E-state index contributed by atoms with van der Waals surface area (Å²) in [5, 5.41) is 16.8. The third-order valence-electron chi connectivity index (χ3n) is 8.21. The van der Waals surface area contributed by atoms with Gasteiger partial charge in [0.05, 0.1) is 11.4 Å². The summed E-state index contributed by atoms with van der Waals surface area (Å²) in [6.45, 7) is 5.51. The Hall–Kier alpha value is -3.87. The molecule has 1 spiro atoms. The van der Waals surface area contributed by atoms with Crippen molar-refractivity contribution in [2.45, 2.75) is 70.7 Å². The zero-order valence-corrected chi connectivity index (χ0v) is 23.7. The molecule has 0 bridgehead atoms. The number of alkyl halides is 3. The highest BCUT2D eigenvalue weighted by molar-refractivity contribution is 5.74. The van der Waals surface area contributed by atoms with Crippen LogP contribution in [0.2, 0.25) is 0 Å². The minimum absolute atomic E-state index is 0.0698. The molecule has 2 aliphatic rings. The van der Waals surface area contributed by atoms with Gasteiger partial charge in [-0.1, -0.05) is 19.4 Å². The van der Waals surface area contributed by atoms with Crippen LogP contribution in [0.5, 0.6) is 5.88 Å². The number of carboxylic acid groups (broad SMARTS) is 1. The number of halogens is 3. The van der Waals surface area contributed by atoms with E-state index in [4.69, 9.17) is 10.5 Å². The number of anilines is 2. The SMILES string of the molecule is CCCCc1ccc(-n2ccc(C)n2)c(C(Oc2cc(N3CCC4(CC3)CN[C@H](C(=O)O)C4)nc(N)n2)C(F)(F)F)c1. The van der Waals surface area contributed by atoms with Crippen LogP contribution in [0.25, 0.3) is 5.69 Å². The van der Waals surface area contributed by atoms with Crippen LogP contribution in [0.3, 0.4) is 0 Å². The lowest BCUT2D eigenvalue weighted by molar-refractivity contribution is -0.198. The molecule has 0 amide bonds. The monoisotopic (exact) mass is 587 g/mol. The molecule has 1 unspecified atom stereocenters. The van der Waals surface area contributed by atoms with Crippen LogP contribution < -0.4 is 20.7 Å². The fraction of sp³-hybridized carbons (Fsp3) is 0.517. The van der Waals surface area contributed by atoms with Gasteiger partial charge in [-0.05, 0) is 68.2 Å². The number of carboxylic acids is 1. The molecule has 226 valence electrons. The molecule has 0 radical (unpaired) electrons. The number of nitrogens with two attached hydrogens (primary N) is 1. The Balaban J connectivity index is 1.42. The molecular weight excluding hydrogens is 551 g/mol. The number of ether oxygens (including phenoxy) is 1. The molecule has 10 nitrogen and oxygen atoms in total. The molecule has 2 atom stereocenters. The molecular formula is C29H36F3N7O3. The maximum Gasteiger partial charge on any atom is 0.429 e. The summed E-state index contributed by atoms with van der Waals surface area (Å²) in [7, 11) is 0. The van der Waals surface area contributed by atoms with E-state index in [0.717, 1.165) is 18.4 Å². The van der Waals surface area contributed by atoms with E-state index in [1.54, 1.807) is 25.3 Å². The van der Waals surface area contributed by atoms with Crippen LogP contribution in [-0.2, 0) is 11.2 Å². The Bertz CT molecular complexity index is 1420. The number of hydrogen-bond donors (Lipinski definition) is 3. The standard InChI is InChI=1S/C29H36F3N7O3/c1-3-4-5-19-6-7-22(39-11-8-18(2)37-39)20(14-19)25(29(30,31)32)42-24-15-23(35-27(33)36-24)38-12-9-28(10-13-38)16-21(26(40)41)34-17-28/h6-8,11,14-15,21,25,34H,3-5,9-10,12-13,16-17H2,1-2H3,(H,40,41)(H2,33,35,36)/t21-,25?/m0/s1. The molecule has 42 heavy (non-hydrogen) atoms. The van der Waals surface area contributed by atoms with E-state index in [2.05, 4.69) is 20.4 Å². The summed E-state index contributed by atoms with van der Waals surface area (Å²) in [5.74, 6) is -0.971. The Kier molecular flexibility index (Phi) is 8.31. The molecule has 0 saturated carbocycles. The van der Waals surface area contributed by atoms with Crippen molar-refractivity contribution in [1.29, 1.82) is 0 Å². The lowest BCUT2D eigenvalue weighted by atomic mass is 9.76.